The number of urea groups is 1. The van der Waals surface area contributed by atoms with E-state index in [2.05, 4.69) is 21.2 Å². The van der Waals surface area contributed by atoms with Gasteiger partial charge in [0.05, 0.1) is 16.8 Å². The average Bonchev–Trinajstić information content (AvgIpc) is 2.86. The first-order valence-corrected chi connectivity index (χ1v) is 14.2. The normalized spacial score (nSPS) is 14.9. The molecule has 1 fully saturated rings. The molecule has 0 bridgehead atoms. The van der Waals surface area contributed by atoms with Gasteiger partial charge in [-0.3, -0.25) is 14.9 Å². The van der Waals surface area contributed by atoms with E-state index in [1.165, 1.54) is 54.6 Å². The third kappa shape index (κ3) is 6.11. The fourth-order valence-corrected chi connectivity index (χ4v) is 5.46. The highest BCUT2D eigenvalue weighted by Gasteiger charge is 2.37. The highest BCUT2D eigenvalue weighted by atomic mass is 79.9. The van der Waals surface area contributed by atoms with E-state index in [4.69, 9.17) is 32.1 Å². The van der Waals surface area contributed by atoms with Gasteiger partial charge in [-0.2, -0.15) is 8.42 Å². The predicted octanol–water partition coefficient (Wildman–Crippen LogP) is 5.90. The number of hydrogen-bond donors (Lipinski definition) is 1. The summed E-state index contributed by atoms with van der Waals surface area (Å²) in [5.41, 5.74) is 0.865. The van der Waals surface area contributed by atoms with Gasteiger partial charge in [-0.1, -0.05) is 29.3 Å². The maximum Gasteiger partial charge on any atom is 0.339 e. The number of carbonyl (C=O) groups excluding carboxylic acids is 3. The van der Waals surface area contributed by atoms with Crippen LogP contribution in [0.4, 0.5) is 10.5 Å². The molecule has 3 aromatic carbocycles. The summed E-state index contributed by atoms with van der Waals surface area (Å²) in [5, 5.41) is 2.84. The number of rotatable bonds is 7. The molecular weight excluding hydrogens is 635 g/mol. The Morgan fingerprint density at radius 2 is 1.72 bits per heavy atom. The molecule has 0 aliphatic carbocycles. The van der Waals surface area contributed by atoms with Gasteiger partial charge in [0.25, 0.3) is 11.8 Å². The van der Waals surface area contributed by atoms with Crippen molar-refractivity contribution < 1.29 is 31.7 Å². The highest BCUT2D eigenvalue weighted by molar-refractivity contribution is 9.10. The standard InChI is InChI=1S/C26H19BrCl2N2O7S/c1-3-37-22-12-15(11-20(27)23(22)38-39(35,36)18-8-5-16(28)6-9-18)10-19-24(32)30-26(34)31(25(19)33)17-7-4-14(2)21(29)13-17/h4-13H,3H2,1-2H3,(H,30,32,34)/b19-10+. The second-order valence-electron chi connectivity index (χ2n) is 8.15. The Kier molecular flexibility index (Phi) is 8.36. The topological polar surface area (TPSA) is 119 Å². The van der Waals surface area contributed by atoms with Crippen LogP contribution in [-0.2, 0) is 19.7 Å². The van der Waals surface area contributed by atoms with Crippen LogP contribution in [0.2, 0.25) is 10.0 Å². The number of anilines is 1. The van der Waals surface area contributed by atoms with Crippen LogP contribution >= 0.6 is 39.1 Å². The number of carbonyl (C=O) groups is 3. The first-order valence-electron chi connectivity index (χ1n) is 11.2. The SMILES string of the molecule is CCOc1cc(/C=C2\C(=O)NC(=O)N(c3ccc(C)c(Cl)c3)C2=O)cc(Br)c1OS(=O)(=O)c1ccc(Cl)cc1. The smallest absolute Gasteiger partial charge is 0.339 e. The van der Waals surface area contributed by atoms with Crippen LogP contribution in [-0.4, -0.2) is 32.9 Å². The number of ether oxygens (including phenoxy) is 1. The molecule has 39 heavy (non-hydrogen) atoms. The molecular formula is C26H19BrCl2N2O7S. The molecule has 13 heteroatoms. The van der Waals surface area contributed by atoms with Gasteiger partial charge >= 0.3 is 16.1 Å². The quantitative estimate of drug-likeness (QED) is 0.192. The predicted molar refractivity (Wildman–Crippen MR) is 150 cm³/mol. The number of aryl methyl sites for hydroxylation is 1. The fraction of sp³-hybridized carbons (Fsp3) is 0.115. The van der Waals surface area contributed by atoms with Crippen LogP contribution in [0.3, 0.4) is 0 Å². The minimum absolute atomic E-state index is 0.0261. The molecule has 0 aromatic heterocycles. The molecule has 1 N–H and O–H groups in total. The molecule has 9 nitrogen and oxygen atoms in total. The largest absolute Gasteiger partial charge is 0.490 e. The average molecular weight is 654 g/mol. The van der Waals surface area contributed by atoms with Gasteiger partial charge in [-0.15, -0.1) is 0 Å². The van der Waals surface area contributed by atoms with E-state index in [0.717, 1.165) is 10.5 Å². The summed E-state index contributed by atoms with van der Waals surface area (Å²) in [6, 6.07) is 12.0. The van der Waals surface area contributed by atoms with Crippen LogP contribution in [0.25, 0.3) is 6.08 Å². The summed E-state index contributed by atoms with van der Waals surface area (Å²) in [7, 11) is -4.26. The number of benzene rings is 3. The van der Waals surface area contributed by atoms with Crippen LogP contribution in [0.5, 0.6) is 11.5 Å². The summed E-state index contributed by atoms with van der Waals surface area (Å²) in [6.07, 6.45) is 1.25. The Labute approximate surface area is 242 Å². The van der Waals surface area contributed by atoms with Crippen molar-refractivity contribution in [1.29, 1.82) is 0 Å². The van der Waals surface area contributed by atoms with Crippen LogP contribution in [0.15, 0.2) is 69.5 Å². The number of nitrogens with zero attached hydrogens (tertiary/aromatic N) is 1. The monoisotopic (exact) mass is 652 g/mol. The summed E-state index contributed by atoms with van der Waals surface area (Å²) < 4.78 is 36.8. The third-order valence-electron chi connectivity index (χ3n) is 5.45. The Balaban J connectivity index is 1.72. The van der Waals surface area contributed by atoms with Gasteiger partial charge < -0.3 is 8.92 Å². The van der Waals surface area contributed by atoms with Crippen LogP contribution in [0, 0.1) is 6.92 Å². The van der Waals surface area contributed by atoms with Crippen LogP contribution < -0.4 is 19.1 Å². The lowest BCUT2D eigenvalue weighted by atomic mass is 10.1. The molecule has 4 amide bonds. The number of hydrogen-bond acceptors (Lipinski definition) is 7. The molecule has 1 aliphatic rings. The molecule has 0 atom stereocenters. The zero-order valence-electron chi connectivity index (χ0n) is 20.3. The van der Waals surface area contributed by atoms with E-state index in [1.54, 1.807) is 19.9 Å². The maximum atomic E-state index is 13.3. The highest BCUT2D eigenvalue weighted by Crippen LogP contribution is 2.39. The van der Waals surface area contributed by atoms with E-state index < -0.39 is 28.0 Å². The van der Waals surface area contributed by atoms with E-state index in [0.29, 0.717) is 10.0 Å². The third-order valence-corrected chi connectivity index (χ3v) is 7.94. The summed E-state index contributed by atoms with van der Waals surface area (Å²) in [5.74, 6) is -1.89. The lowest BCUT2D eigenvalue weighted by Gasteiger charge is -2.26. The van der Waals surface area contributed by atoms with Crippen molar-refractivity contribution in [2.24, 2.45) is 0 Å². The first kappa shape index (κ1) is 28.6. The fourth-order valence-electron chi connectivity index (χ4n) is 3.55. The lowest BCUT2D eigenvalue weighted by molar-refractivity contribution is -0.122. The summed E-state index contributed by atoms with van der Waals surface area (Å²) in [4.78, 5) is 39.1. The van der Waals surface area contributed by atoms with Gasteiger partial charge in [-0.05, 0) is 95.5 Å². The molecule has 1 aliphatic heterocycles. The van der Waals surface area contributed by atoms with Crippen molar-refractivity contribution in [3.63, 3.8) is 0 Å². The molecule has 1 saturated heterocycles. The summed E-state index contributed by atoms with van der Waals surface area (Å²) in [6.45, 7) is 3.60. The Morgan fingerprint density at radius 3 is 2.36 bits per heavy atom. The first-order chi connectivity index (χ1) is 18.4. The minimum atomic E-state index is -4.26. The van der Waals surface area contributed by atoms with Crippen molar-refractivity contribution in [2.75, 3.05) is 11.5 Å². The van der Waals surface area contributed by atoms with Crippen molar-refractivity contribution in [3.05, 3.63) is 85.8 Å². The number of imide groups is 2. The zero-order valence-corrected chi connectivity index (χ0v) is 24.2. The van der Waals surface area contributed by atoms with E-state index in [1.807, 2.05) is 0 Å². The Bertz CT molecular complexity index is 1640. The van der Waals surface area contributed by atoms with Crippen molar-refractivity contribution in [1.82, 2.24) is 5.32 Å². The number of amides is 4. The lowest BCUT2D eigenvalue weighted by Crippen LogP contribution is -2.54. The second kappa shape index (κ2) is 11.4. The van der Waals surface area contributed by atoms with Gasteiger partial charge in [0.15, 0.2) is 11.5 Å². The summed E-state index contributed by atoms with van der Waals surface area (Å²) >= 11 is 15.3. The number of nitrogens with one attached hydrogen (secondary N) is 1. The van der Waals surface area contributed by atoms with Crippen molar-refractivity contribution in [3.8, 4) is 11.5 Å². The maximum absolute atomic E-state index is 13.3. The molecule has 202 valence electrons. The van der Waals surface area contributed by atoms with Crippen molar-refractivity contribution >= 4 is 78.9 Å². The Morgan fingerprint density at radius 1 is 1.03 bits per heavy atom. The van der Waals surface area contributed by atoms with E-state index in [-0.39, 0.29) is 44.3 Å². The van der Waals surface area contributed by atoms with Crippen molar-refractivity contribution in [2.45, 2.75) is 18.7 Å². The molecule has 0 spiro atoms. The molecule has 1 heterocycles. The van der Waals surface area contributed by atoms with Crippen LogP contribution in [0.1, 0.15) is 18.1 Å². The van der Waals surface area contributed by atoms with Gasteiger partial charge in [0, 0.05) is 10.0 Å². The number of barbiturate groups is 1. The minimum Gasteiger partial charge on any atom is -0.490 e. The molecule has 0 unspecified atom stereocenters. The molecule has 3 aromatic rings. The van der Waals surface area contributed by atoms with E-state index >= 15 is 0 Å². The number of halogens is 3. The molecule has 0 saturated carbocycles. The zero-order chi connectivity index (χ0) is 28.5. The van der Waals surface area contributed by atoms with Gasteiger partial charge in [0.1, 0.15) is 10.5 Å². The molecule has 0 radical (unpaired) electrons. The van der Waals surface area contributed by atoms with Gasteiger partial charge in [0.2, 0.25) is 0 Å². The second-order valence-corrected chi connectivity index (χ2v) is 11.4. The van der Waals surface area contributed by atoms with E-state index in [9.17, 15) is 22.8 Å². The van der Waals surface area contributed by atoms with Gasteiger partial charge in [-0.25, -0.2) is 9.69 Å². The Hall–Kier alpha value is -3.38. The molecule has 4 rings (SSSR count).